The predicted octanol–water partition coefficient (Wildman–Crippen LogP) is 0.550. The number of hydrogen-bond acceptors (Lipinski definition) is 5. The van der Waals surface area contributed by atoms with E-state index in [1.807, 2.05) is 21.0 Å². The molecule has 1 amide bonds. The van der Waals surface area contributed by atoms with Gasteiger partial charge in [0.15, 0.2) is 0 Å². The third-order valence-corrected chi connectivity index (χ3v) is 5.18. The largest absolute Gasteiger partial charge is 0.872 e. The lowest BCUT2D eigenvalue weighted by molar-refractivity contribution is -0.857. The number of hydrogen-bond donors (Lipinski definition) is 2. The second kappa shape index (κ2) is 9.66. The predicted molar refractivity (Wildman–Crippen MR) is 114 cm³/mol. The van der Waals surface area contributed by atoms with Crippen LogP contribution >= 0.6 is 0 Å². The van der Waals surface area contributed by atoms with Crippen LogP contribution in [0, 0.1) is 0 Å². The molecule has 2 aromatic rings. The Bertz CT molecular complexity index is 964. The Balaban J connectivity index is 2.04. The molecule has 0 aromatic heterocycles. The average Bonchev–Trinajstić information content (AvgIpc) is 3.01. The lowest BCUT2D eigenvalue weighted by atomic mass is 9.95. The van der Waals surface area contributed by atoms with Gasteiger partial charge in [-0.15, -0.1) is 0 Å². The summed E-state index contributed by atoms with van der Waals surface area (Å²) in [7, 11) is 3.91. The molecule has 1 aliphatic heterocycles. The first-order valence-corrected chi connectivity index (χ1v) is 10.4. The van der Waals surface area contributed by atoms with Crippen molar-refractivity contribution in [2.24, 2.45) is 0 Å². The number of phenolic OH excluding ortho intramolecular Hbond substituents is 1. The molecule has 164 valence electrons. The van der Waals surface area contributed by atoms with Crippen LogP contribution in [0.5, 0.6) is 11.5 Å². The molecule has 1 atom stereocenters. The Labute approximate surface area is 182 Å². The Morgan fingerprint density at radius 3 is 2.32 bits per heavy atom. The van der Waals surface area contributed by atoms with Crippen molar-refractivity contribution in [2.45, 2.75) is 19.4 Å². The number of nitrogens with one attached hydrogen (secondary N) is 1. The summed E-state index contributed by atoms with van der Waals surface area (Å²) in [6.45, 7) is 3.53. The van der Waals surface area contributed by atoms with Gasteiger partial charge in [-0.05, 0) is 41.8 Å². The van der Waals surface area contributed by atoms with Gasteiger partial charge in [-0.2, -0.15) is 0 Å². The van der Waals surface area contributed by atoms with Crippen molar-refractivity contribution >= 4 is 17.4 Å². The number of carbonyl (C=O) groups is 2. The number of carbonyl (C=O) groups excluding carboxylic acids is 2. The second-order valence-corrected chi connectivity index (χ2v) is 7.89. The highest BCUT2D eigenvalue weighted by molar-refractivity contribution is 6.46. The summed E-state index contributed by atoms with van der Waals surface area (Å²) < 4.78 is 5.55. The molecule has 2 N–H and O–H groups in total. The van der Waals surface area contributed by atoms with Crippen LogP contribution in [-0.2, 0) is 9.59 Å². The molecule has 7 nitrogen and oxygen atoms in total. The number of Topliss-reactive ketones (excluding diaryl/α,β-unsaturated/α-hetero) is 1. The van der Waals surface area contributed by atoms with Gasteiger partial charge in [0.1, 0.15) is 11.5 Å². The van der Waals surface area contributed by atoms with Crippen molar-refractivity contribution in [3.8, 4) is 11.5 Å². The third kappa shape index (κ3) is 4.88. The Morgan fingerprint density at radius 1 is 1.10 bits per heavy atom. The van der Waals surface area contributed by atoms with Gasteiger partial charge in [0.2, 0.25) is 5.78 Å². The van der Waals surface area contributed by atoms with E-state index in [0.717, 1.165) is 11.3 Å². The number of aromatic hydroxyl groups is 1. The maximum Gasteiger partial charge on any atom is 0.295 e. The SMILES string of the molecule is CCCOc1ccc(/C([O-])=C2\C(=O)C(=O)N(CC[NH+](C)C)C2c2ccc(O)cc2)cc1. The molecule has 0 bridgehead atoms. The molecule has 1 heterocycles. The number of amides is 1. The fourth-order valence-electron chi connectivity index (χ4n) is 3.53. The Morgan fingerprint density at radius 2 is 1.74 bits per heavy atom. The van der Waals surface area contributed by atoms with Crippen LogP contribution in [0.2, 0.25) is 0 Å². The fraction of sp³-hybridized carbons (Fsp3) is 0.333. The number of benzene rings is 2. The van der Waals surface area contributed by atoms with Gasteiger partial charge in [-0.1, -0.05) is 36.9 Å². The van der Waals surface area contributed by atoms with E-state index in [-0.39, 0.29) is 11.3 Å². The highest BCUT2D eigenvalue weighted by Crippen LogP contribution is 2.38. The number of ether oxygens (including phenoxy) is 1. The van der Waals surface area contributed by atoms with Gasteiger partial charge in [-0.25, -0.2) is 0 Å². The number of ketones is 1. The van der Waals surface area contributed by atoms with Crippen LogP contribution in [0.4, 0.5) is 0 Å². The van der Waals surface area contributed by atoms with Gasteiger partial charge in [0.05, 0.1) is 39.8 Å². The normalized spacial score (nSPS) is 18.1. The summed E-state index contributed by atoms with van der Waals surface area (Å²) in [5, 5.41) is 23.0. The first-order valence-electron chi connectivity index (χ1n) is 10.4. The lowest BCUT2D eigenvalue weighted by Crippen LogP contribution is -3.06. The monoisotopic (exact) mass is 424 g/mol. The van der Waals surface area contributed by atoms with Crippen LogP contribution in [-0.4, -0.2) is 55.5 Å². The van der Waals surface area contributed by atoms with Crippen LogP contribution in [0.15, 0.2) is 54.1 Å². The summed E-state index contributed by atoms with van der Waals surface area (Å²) in [6, 6.07) is 12.0. The molecule has 0 aliphatic carbocycles. The fourth-order valence-corrected chi connectivity index (χ4v) is 3.53. The summed E-state index contributed by atoms with van der Waals surface area (Å²) in [6.07, 6.45) is 0.869. The maximum absolute atomic E-state index is 13.3. The molecule has 0 saturated carbocycles. The van der Waals surface area contributed by atoms with Crippen molar-refractivity contribution < 1.29 is 29.4 Å². The van der Waals surface area contributed by atoms with Gasteiger partial charge < -0.3 is 24.7 Å². The van der Waals surface area contributed by atoms with E-state index in [9.17, 15) is 19.8 Å². The smallest absolute Gasteiger partial charge is 0.295 e. The zero-order valence-electron chi connectivity index (χ0n) is 18.1. The molecule has 1 unspecified atom stereocenters. The summed E-state index contributed by atoms with van der Waals surface area (Å²) in [5.74, 6) is -1.21. The van der Waals surface area contributed by atoms with Crippen molar-refractivity contribution in [3.63, 3.8) is 0 Å². The molecule has 31 heavy (non-hydrogen) atoms. The standard InChI is InChI=1S/C24H28N2O5/c1-4-15-31-19-11-7-17(8-12-19)22(28)20-21(16-5-9-18(27)10-6-16)26(14-13-25(2)3)24(30)23(20)29/h5-12,21,27-28H,4,13-15H2,1-3H3/b22-20+. The van der Waals surface area contributed by atoms with E-state index in [2.05, 4.69) is 0 Å². The quantitative estimate of drug-likeness (QED) is 0.367. The van der Waals surface area contributed by atoms with Crippen molar-refractivity contribution in [1.82, 2.24) is 4.90 Å². The van der Waals surface area contributed by atoms with E-state index >= 15 is 0 Å². The van der Waals surface area contributed by atoms with Crippen LogP contribution < -0.4 is 14.7 Å². The average molecular weight is 424 g/mol. The molecular weight excluding hydrogens is 396 g/mol. The highest BCUT2D eigenvalue weighted by atomic mass is 16.5. The van der Waals surface area contributed by atoms with Gasteiger partial charge in [0, 0.05) is 5.57 Å². The Kier molecular flexibility index (Phi) is 6.97. The summed E-state index contributed by atoms with van der Waals surface area (Å²) >= 11 is 0. The van der Waals surface area contributed by atoms with Crippen LogP contribution in [0.25, 0.3) is 5.76 Å². The molecule has 1 saturated heterocycles. The molecule has 0 radical (unpaired) electrons. The maximum atomic E-state index is 13.3. The van der Waals surface area contributed by atoms with Gasteiger partial charge in [-0.3, -0.25) is 9.59 Å². The molecule has 2 aromatic carbocycles. The molecule has 1 aliphatic rings. The topological polar surface area (TPSA) is 94.3 Å². The first kappa shape index (κ1) is 22.4. The molecule has 7 heteroatoms. The van der Waals surface area contributed by atoms with E-state index in [1.165, 1.54) is 17.0 Å². The molecular formula is C24H28N2O5. The minimum absolute atomic E-state index is 0.0633. The van der Waals surface area contributed by atoms with Gasteiger partial charge in [0.25, 0.3) is 5.91 Å². The first-order chi connectivity index (χ1) is 14.8. The van der Waals surface area contributed by atoms with E-state index < -0.39 is 23.5 Å². The van der Waals surface area contributed by atoms with Crippen molar-refractivity contribution in [3.05, 3.63) is 65.2 Å². The minimum Gasteiger partial charge on any atom is -0.872 e. The van der Waals surface area contributed by atoms with Crippen molar-refractivity contribution in [1.29, 1.82) is 0 Å². The number of quaternary nitrogens is 1. The zero-order valence-corrected chi connectivity index (χ0v) is 18.1. The molecule has 1 fully saturated rings. The summed E-state index contributed by atoms with van der Waals surface area (Å²) in [5.41, 5.74) is 0.868. The van der Waals surface area contributed by atoms with Crippen molar-refractivity contribution in [2.75, 3.05) is 33.8 Å². The molecule has 0 spiro atoms. The second-order valence-electron chi connectivity index (χ2n) is 7.89. The number of nitrogens with zero attached hydrogens (tertiary/aromatic N) is 1. The zero-order chi connectivity index (χ0) is 22.5. The van der Waals surface area contributed by atoms with E-state index in [4.69, 9.17) is 4.74 Å². The Hall–Kier alpha value is -3.32. The molecule has 3 rings (SSSR count). The highest BCUT2D eigenvalue weighted by Gasteiger charge is 2.44. The third-order valence-electron chi connectivity index (χ3n) is 5.18. The van der Waals surface area contributed by atoms with Crippen LogP contribution in [0.1, 0.15) is 30.5 Å². The van der Waals surface area contributed by atoms with Crippen LogP contribution in [0.3, 0.4) is 0 Å². The number of rotatable bonds is 8. The summed E-state index contributed by atoms with van der Waals surface area (Å²) in [4.78, 5) is 28.3. The number of likely N-dealkylation sites (tertiary alicyclic amines) is 1. The minimum atomic E-state index is -0.788. The number of likely N-dealkylation sites (N-methyl/N-ethyl adjacent to an activating group) is 1. The van der Waals surface area contributed by atoms with E-state index in [1.54, 1.807) is 36.4 Å². The lowest BCUT2D eigenvalue weighted by Gasteiger charge is -2.27. The number of phenols is 1. The van der Waals surface area contributed by atoms with Gasteiger partial charge >= 0.3 is 0 Å². The van der Waals surface area contributed by atoms with E-state index in [0.29, 0.717) is 36.6 Å².